The van der Waals surface area contributed by atoms with Crippen LogP contribution in [0.3, 0.4) is 0 Å². The van der Waals surface area contributed by atoms with E-state index in [-0.39, 0.29) is 16.7 Å². The first kappa shape index (κ1) is 17.5. The zero-order valence-electron chi connectivity index (χ0n) is 14.2. The highest BCUT2D eigenvalue weighted by molar-refractivity contribution is 14.1. The molecule has 0 spiro atoms. The molecule has 0 atom stereocenters. The molecule has 0 saturated heterocycles. The van der Waals surface area contributed by atoms with E-state index in [9.17, 15) is 14.0 Å². The van der Waals surface area contributed by atoms with E-state index in [1.807, 2.05) is 59.0 Å². The minimum Gasteiger partial charge on any atom is -0.456 e. The van der Waals surface area contributed by atoms with Gasteiger partial charge in [-0.2, -0.15) is 0 Å². The summed E-state index contributed by atoms with van der Waals surface area (Å²) in [6.45, 7) is 0. The van der Waals surface area contributed by atoms with Gasteiger partial charge in [0, 0.05) is 20.6 Å². The van der Waals surface area contributed by atoms with E-state index in [0.29, 0.717) is 14.9 Å². The molecule has 0 saturated carbocycles. The average Bonchev–Trinajstić information content (AvgIpc) is 3.32. The van der Waals surface area contributed by atoms with Crippen molar-refractivity contribution in [3.05, 3.63) is 86.4 Å². The average molecular weight is 500 g/mol. The van der Waals surface area contributed by atoms with Crippen LogP contribution in [0.4, 0.5) is 4.39 Å². The fourth-order valence-electron chi connectivity index (χ4n) is 3.31. The number of halogens is 2. The third kappa shape index (κ3) is 2.67. The second-order valence-corrected chi connectivity index (χ2v) is 8.60. The van der Waals surface area contributed by atoms with E-state index in [4.69, 9.17) is 4.42 Å². The van der Waals surface area contributed by atoms with Gasteiger partial charge in [-0.1, -0.05) is 30.3 Å². The van der Waals surface area contributed by atoms with E-state index in [1.54, 1.807) is 17.4 Å². The molecule has 3 nitrogen and oxygen atoms in total. The molecule has 1 aliphatic rings. The van der Waals surface area contributed by atoms with Crippen molar-refractivity contribution in [3.8, 4) is 10.4 Å². The van der Waals surface area contributed by atoms with Crippen molar-refractivity contribution >= 4 is 61.9 Å². The molecule has 0 fully saturated rings. The molecule has 4 aromatic rings. The van der Waals surface area contributed by atoms with Crippen LogP contribution >= 0.6 is 33.9 Å². The van der Waals surface area contributed by atoms with Crippen LogP contribution in [0.5, 0.6) is 0 Å². The number of Topliss-reactive ketones (excluding diaryl/α,β-unsaturated/α-hetero) is 2. The number of rotatable bonds is 2. The molecular formula is C22H10FIO3S. The van der Waals surface area contributed by atoms with Gasteiger partial charge in [-0.15, -0.1) is 11.3 Å². The Bertz CT molecular complexity index is 1240. The third-order valence-electron chi connectivity index (χ3n) is 4.62. The van der Waals surface area contributed by atoms with Gasteiger partial charge >= 0.3 is 0 Å². The van der Waals surface area contributed by atoms with E-state index < -0.39 is 17.4 Å². The van der Waals surface area contributed by atoms with Crippen LogP contribution in [-0.2, 0) is 0 Å². The molecule has 0 unspecified atom stereocenters. The first-order valence-electron chi connectivity index (χ1n) is 8.41. The lowest BCUT2D eigenvalue weighted by Gasteiger charge is -1.99. The molecule has 6 heteroatoms. The summed E-state index contributed by atoms with van der Waals surface area (Å²) in [5.74, 6) is -1.33. The van der Waals surface area contributed by atoms with E-state index in [1.165, 1.54) is 18.2 Å². The summed E-state index contributed by atoms with van der Waals surface area (Å²) in [5.41, 5.74) is 1.70. The first-order valence-corrected chi connectivity index (χ1v) is 10.3. The van der Waals surface area contributed by atoms with Gasteiger partial charge in [0.1, 0.15) is 17.2 Å². The monoisotopic (exact) mass is 500 g/mol. The topological polar surface area (TPSA) is 47.3 Å². The Hall–Kier alpha value is -2.58. The normalized spacial score (nSPS) is 15.0. The van der Waals surface area contributed by atoms with Crippen molar-refractivity contribution in [1.82, 2.24) is 0 Å². The number of furan rings is 1. The number of carbonyl (C=O) groups is 2. The van der Waals surface area contributed by atoms with Crippen LogP contribution in [-0.4, -0.2) is 11.6 Å². The summed E-state index contributed by atoms with van der Waals surface area (Å²) in [7, 11) is 0. The Morgan fingerprint density at radius 3 is 2.43 bits per heavy atom. The maximum atomic E-state index is 14.1. The Morgan fingerprint density at radius 1 is 0.964 bits per heavy atom. The largest absolute Gasteiger partial charge is 0.456 e. The predicted octanol–water partition coefficient (Wildman–Crippen LogP) is 6.37. The zero-order valence-corrected chi connectivity index (χ0v) is 17.1. The summed E-state index contributed by atoms with van der Waals surface area (Å²) < 4.78 is 21.4. The van der Waals surface area contributed by atoms with Gasteiger partial charge < -0.3 is 4.42 Å². The van der Waals surface area contributed by atoms with Gasteiger partial charge in [0.2, 0.25) is 5.78 Å². The Morgan fingerprint density at radius 2 is 1.71 bits per heavy atom. The molecule has 28 heavy (non-hydrogen) atoms. The lowest BCUT2D eigenvalue weighted by molar-refractivity contribution is 0.0989. The lowest BCUT2D eigenvalue weighted by Crippen LogP contribution is -2.00. The smallest absolute Gasteiger partial charge is 0.200 e. The highest BCUT2D eigenvalue weighted by atomic mass is 127. The van der Waals surface area contributed by atoms with E-state index in [2.05, 4.69) is 0 Å². The highest BCUT2D eigenvalue weighted by Gasteiger charge is 2.37. The number of carbonyl (C=O) groups excluding carboxylic acids is 2. The van der Waals surface area contributed by atoms with Gasteiger partial charge in [0.15, 0.2) is 5.78 Å². The Labute approximate surface area is 176 Å². The highest BCUT2D eigenvalue weighted by Crippen LogP contribution is 2.37. The molecule has 0 radical (unpaired) electrons. The molecular weight excluding hydrogens is 490 g/mol. The number of hydrogen-bond acceptors (Lipinski definition) is 4. The second-order valence-electron chi connectivity index (χ2n) is 6.35. The molecule has 5 rings (SSSR count). The number of ketones is 2. The molecule has 2 heterocycles. The third-order valence-corrected chi connectivity index (χ3v) is 6.63. The standard InChI is InChI=1S/C22H10FIO3S/c23-14-6-7-15(24)20-19(14)21(25)13(22(20)26)8-12-9-18-16(27-12)10-17(28-18)11-4-2-1-3-5-11/h1-10H/b13-8+. The minimum absolute atomic E-state index is 0.0669. The maximum Gasteiger partial charge on any atom is 0.200 e. The van der Waals surface area contributed by atoms with Gasteiger partial charge in [-0.05, 0) is 46.4 Å². The first-order chi connectivity index (χ1) is 13.5. The van der Waals surface area contributed by atoms with Crippen molar-refractivity contribution in [1.29, 1.82) is 0 Å². The van der Waals surface area contributed by atoms with Gasteiger partial charge in [0.25, 0.3) is 0 Å². The molecule has 0 aliphatic heterocycles. The van der Waals surface area contributed by atoms with Crippen LogP contribution in [0, 0.1) is 9.39 Å². The fraction of sp³-hybridized carbons (Fsp3) is 0. The number of fused-ring (bicyclic) bond motifs is 2. The van der Waals surface area contributed by atoms with Crippen LogP contribution in [0.25, 0.3) is 26.8 Å². The van der Waals surface area contributed by atoms with Crippen molar-refractivity contribution in [2.75, 3.05) is 0 Å². The minimum atomic E-state index is -0.676. The molecule has 2 aromatic heterocycles. The number of thiophene rings is 1. The number of allylic oxidation sites excluding steroid dienone is 1. The lowest BCUT2D eigenvalue weighted by atomic mass is 10.1. The molecule has 2 aromatic carbocycles. The van der Waals surface area contributed by atoms with Crippen molar-refractivity contribution in [2.24, 2.45) is 0 Å². The van der Waals surface area contributed by atoms with Crippen molar-refractivity contribution in [2.45, 2.75) is 0 Å². The fourth-order valence-corrected chi connectivity index (χ4v) is 5.04. The Kier molecular flexibility index (Phi) is 4.06. The molecule has 0 N–H and O–H groups in total. The number of benzene rings is 2. The molecule has 1 aliphatic carbocycles. The molecule has 0 bridgehead atoms. The molecule has 0 amide bonds. The van der Waals surface area contributed by atoms with Crippen molar-refractivity contribution < 1.29 is 18.4 Å². The quantitative estimate of drug-likeness (QED) is 0.183. The van der Waals surface area contributed by atoms with Gasteiger partial charge in [0.05, 0.1) is 21.4 Å². The summed E-state index contributed by atoms with van der Waals surface area (Å²) in [5, 5.41) is 0. The zero-order chi connectivity index (χ0) is 19.4. The van der Waals surface area contributed by atoms with Crippen LogP contribution < -0.4 is 0 Å². The van der Waals surface area contributed by atoms with Gasteiger partial charge in [-0.25, -0.2) is 4.39 Å². The summed E-state index contributed by atoms with van der Waals surface area (Å²) in [6, 6.07) is 16.4. The molecule has 136 valence electrons. The van der Waals surface area contributed by atoms with E-state index >= 15 is 0 Å². The second kappa shape index (κ2) is 6.49. The summed E-state index contributed by atoms with van der Waals surface area (Å²) >= 11 is 3.51. The van der Waals surface area contributed by atoms with Crippen LogP contribution in [0.2, 0.25) is 0 Å². The van der Waals surface area contributed by atoms with Crippen LogP contribution in [0.1, 0.15) is 26.5 Å². The predicted molar refractivity (Wildman–Crippen MR) is 115 cm³/mol. The van der Waals surface area contributed by atoms with E-state index in [0.717, 1.165) is 15.1 Å². The number of hydrogen-bond donors (Lipinski definition) is 0. The summed E-state index contributed by atoms with van der Waals surface area (Å²) in [4.78, 5) is 26.4. The Balaban J connectivity index is 1.55. The van der Waals surface area contributed by atoms with Crippen molar-refractivity contribution in [3.63, 3.8) is 0 Å². The maximum absolute atomic E-state index is 14.1. The summed E-state index contributed by atoms with van der Waals surface area (Å²) in [6.07, 6.45) is 1.41. The van der Waals surface area contributed by atoms with Crippen LogP contribution in [0.15, 0.2) is 64.6 Å². The van der Waals surface area contributed by atoms with Gasteiger partial charge in [-0.3, -0.25) is 9.59 Å². The SMILES string of the molecule is O=C1/C(=C\c2cc3sc(-c4ccccc4)cc3o2)C(=O)c2c(I)ccc(F)c21.